The summed E-state index contributed by atoms with van der Waals surface area (Å²) in [6.45, 7) is 3.02. The third kappa shape index (κ3) is 3.71. The van der Waals surface area contributed by atoms with Crippen LogP contribution in [0.5, 0.6) is 11.5 Å². The number of anilines is 1. The number of nitrogens with zero attached hydrogens (tertiary/aromatic N) is 3. The first-order valence-corrected chi connectivity index (χ1v) is 11.3. The Bertz CT molecular complexity index is 1360. The number of aryl methyl sites for hydroxylation is 1. The molecule has 3 heterocycles. The molecular weight excluding hydrogens is 432 g/mol. The van der Waals surface area contributed by atoms with Crippen molar-refractivity contribution in [2.75, 3.05) is 12.1 Å². The summed E-state index contributed by atoms with van der Waals surface area (Å²) in [6.07, 6.45) is 5.85. The molecule has 34 heavy (non-hydrogen) atoms. The Balaban J connectivity index is 1.17. The van der Waals surface area contributed by atoms with Gasteiger partial charge in [0.2, 0.25) is 6.79 Å². The zero-order valence-electron chi connectivity index (χ0n) is 18.8. The molecule has 2 aliphatic rings. The maximum atomic E-state index is 13.1. The van der Waals surface area contributed by atoms with Crippen LogP contribution in [0.3, 0.4) is 0 Å². The smallest absolute Gasteiger partial charge is 0.278 e. The van der Waals surface area contributed by atoms with Gasteiger partial charge in [-0.15, -0.1) is 0 Å². The molecule has 6 rings (SSSR count). The van der Waals surface area contributed by atoms with E-state index in [9.17, 15) is 4.79 Å². The summed E-state index contributed by atoms with van der Waals surface area (Å²) in [5.74, 6) is 2.00. The van der Waals surface area contributed by atoms with Crippen LogP contribution >= 0.6 is 0 Å². The van der Waals surface area contributed by atoms with Crippen molar-refractivity contribution in [2.45, 2.75) is 38.1 Å². The molecule has 0 bridgehead atoms. The molecular formula is C26H24N4O4. The minimum atomic E-state index is -0.287. The van der Waals surface area contributed by atoms with Crippen LogP contribution in [-0.4, -0.2) is 27.6 Å². The molecule has 2 aromatic carbocycles. The van der Waals surface area contributed by atoms with E-state index in [1.54, 1.807) is 17.1 Å². The van der Waals surface area contributed by atoms with Crippen LogP contribution in [0, 0.1) is 0 Å². The molecule has 0 fully saturated rings. The summed E-state index contributed by atoms with van der Waals surface area (Å²) in [7, 11) is 0. The molecule has 1 amide bonds. The highest BCUT2D eigenvalue weighted by atomic mass is 16.7. The predicted molar refractivity (Wildman–Crippen MR) is 124 cm³/mol. The summed E-state index contributed by atoms with van der Waals surface area (Å²) in [5, 5.41) is 11.4. The number of carbonyl (C=O) groups excluding carboxylic acids is 1. The van der Waals surface area contributed by atoms with E-state index in [0.717, 1.165) is 41.2 Å². The molecule has 0 spiro atoms. The second kappa shape index (κ2) is 8.06. The standard InChI is InChI=1S/C26H24N4O4/c1-26(18-5-3-2-4-6-18)10-9-21-20(12-26)24(29-34-21)25(31)28-19-13-27-30(15-19)14-17-7-8-22-23(11-17)33-16-32-22/h2-8,11,13,15H,9-10,12,14,16H2,1H3,(H,28,31). The quantitative estimate of drug-likeness (QED) is 0.480. The van der Waals surface area contributed by atoms with Crippen molar-refractivity contribution in [1.82, 2.24) is 14.9 Å². The number of aromatic nitrogens is 3. The fourth-order valence-electron chi connectivity index (χ4n) is 4.79. The highest BCUT2D eigenvalue weighted by molar-refractivity contribution is 6.03. The van der Waals surface area contributed by atoms with Crippen molar-refractivity contribution in [3.63, 3.8) is 0 Å². The van der Waals surface area contributed by atoms with Crippen molar-refractivity contribution >= 4 is 11.6 Å². The topological polar surface area (TPSA) is 91.4 Å². The SMILES string of the molecule is CC1(c2ccccc2)CCc2onc(C(=O)Nc3cnn(Cc4ccc5c(c4)OCO5)c3)c2C1. The molecule has 172 valence electrons. The molecule has 1 aliphatic carbocycles. The number of ether oxygens (including phenoxy) is 2. The minimum absolute atomic E-state index is 0.0651. The summed E-state index contributed by atoms with van der Waals surface area (Å²) in [5.41, 5.74) is 4.06. The maximum Gasteiger partial charge on any atom is 0.278 e. The van der Waals surface area contributed by atoms with Gasteiger partial charge in [0.25, 0.3) is 5.91 Å². The highest BCUT2D eigenvalue weighted by Crippen LogP contribution is 2.39. The monoisotopic (exact) mass is 456 g/mol. The normalized spacial score (nSPS) is 18.5. The molecule has 1 unspecified atom stereocenters. The Hall–Kier alpha value is -4.07. The van der Waals surface area contributed by atoms with Gasteiger partial charge >= 0.3 is 0 Å². The van der Waals surface area contributed by atoms with Crippen LogP contribution in [0.2, 0.25) is 0 Å². The van der Waals surface area contributed by atoms with Gasteiger partial charge in [-0.05, 0) is 41.5 Å². The van der Waals surface area contributed by atoms with Crippen LogP contribution in [0.4, 0.5) is 5.69 Å². The first kappa shape index (κ1) is 20.5. The molecule has 0 saturated heterocycles. The van der Waals surface area contributed by atoms with E-state index in [2.05, 4.69) is 46.8 Å². The summed E-state index contributed by atoms with van der Waals surface area (Å²) >= 11 is 0. The number of carbonyl (C=O) groups is 1. The number of hydrogen-bond acceptors (Lipinski definition) is 6. The van der Waals surface area contributed by atoms with Gasteiger partial charge in [-0.2, -0.15) is 5.10 Å². The molecule has 0 saturated carbocycles. The van der Waals surface area contributed by atoms with E-state index in [1.807, 2.05) is 24.3 Å². The van der Waals surface area contributed by atoms with Gasteiger partial charge in [-0.3, -0.25) is 9.48 Å². The molecule has 1 aliphatic heterocycles. The number of rotatable bonds is 5. The lowest BCUT2D eigenvalue weighted by Gasteiger charge is -2.33. The predicted octanol–water partition coefficient (Wildman–Crippen LogP) is 4.35. The summed E-state index contributed by atoms with van der Waals surface area (Å²) in [6, 6.07) is 16.2. The lowest BCUT2D eigenvalue weighted by Crippen LogP contribution is -2.31. The van der Waals surface area contributed by atoms with E-state index >= 15 is 0 Å². The Morgan fingerprint density at radius 2 is 2.00 bits per heavy atom. The van der Waals surface area contributed by atoms with Crippen LogP contribution in [0.15, 0.2) is 65.4 Å². The lowest BCUT2D eigenvalue weighted by atomic mass is 9.70. The molecule has 4 aromatic rings. The lowest BCUT2D eigenvalue weighted by molar-refractivity contribution is 0.101. The van der Waals surface area contributed by atoms with Crippen LogP contribution in [0.25, 0.3) is 0 Å². The maximum absolute atomic E-state index is 13.1. The Morgan fingerprint density at radius 3 is 2.88 bits per heavy atom. The van der Waals surface area contributed by atoms with E-state index in [0.29, 0.717) is 24.3 Å². The molecule has 2 aromatic heterocycles. The molecule has 0 radical (unpaired) electrons. The second-order valence-electron chi connectivity index (χ2n) is 9.10. The average Bonchev–Trinajstić information content (AvgIpc) is 3.59. The third-order valence-electron chi connectivity index (χ3n) is 6.70. The van der Waals surface area contributed by atoms with Gasteiger partial charge in [0.15, 0.2) is 17.2 Å². The highest BCUT2D eigenvalue weighted by Gasteiger charge is 2.37. The number of amides is 1. The van der Waals surface area contributed by atoms with E-state index < -0.39 is 0 Å². The van der Waals surface area contributed by atoms with Crippen LogP contribution in [0.1, 0.15) is 46.3 Å². The largest absolute Gasteiger partial charge is 0.454 e. The first-order valence-electron chi connectivity index (χ1n) is 11.3. The van der Waals surface area contributed by atoms with Crippen molar-refractivity contribution < 1.29 is 18.8 Å². The minimum Gasteiger partial charge on any atom is -0.454 e. The van der Waals surface area contributed by atoms with Gasteiger partial charge in [-0.25, -0.2) is 0 Å². The van der Waals surface area contributed by atoms with E-state index in [1.165, 1.54) is 5.56 Å². The van der Waals surface area contributed by atoms with Crippen molar-refractivity contribution in [3.05, 3.63) is 89.1 Å². The molecule has 8 nitrogen and oxygen atoms in total. The third-order valence-corrected chi connectivity index (χ3v) is 6.70. The number of hydrogen-bond donors (Lipinski definition) is 1. The molecule has 1 atom stereocenters. The number of fused-ring (bicyclic) bond motifs is 2. The van der Waals surface area contributed by atoms with E-state index in [4.69, 9.17) is 14.0 Å². The van der Waals surface area contributed by atoms with E-state index in [-0.39, 0.29) is 18.1 Å². The van der Waals surface area contributed by atoms with Crippen LogP contribution < -0.4 is 14.8 Å². The fourth-order valence-corrected chi connectivity index (χ4v) is 4.79. The molecule has 1 N–H and O–H groups in total. The first-order chi connectivity index (χ1) is 16.6. The number of nitrogens with one attached hydrogen (secondary N) is 1. The average molecular weight is 457 g/mol. The van der Waals surface area contributed by atoms with Gasteiger partial charge in [-0.1, -0.05) is 48.5 Å². The zero-order chi connectivity index (χ0) is 23.1. The van der Waals surface area contributed by atoms with Gasteiger partial charge < -0.3 is 19.3 Å². The van der Waals surface area contributed by atoms with Crippen molar-refractivity contribution in [3.8, 4) is 11.5 Å². The Morgan fingerprint density at radius 1 is 1.15 bits per heavy atom. The fraction of sp³-hybridized carbons (Fsp3) is 0.269. The van der Waals surface area contributed by atoms with Gasteiger partial charge in [0.1, 0.15) is 5.76 Å². The number of benzene rings is 2. The Labute approximate surface area is 196 Å². The van der Waals surface area contributed by atoms with Gasteiger partial charge in [0, 0.05) is 18.2 Å². The van der Waals surface area contributed by atoms with Crippen molar-refractivity contribution in [1.29, 1.82) is 0 Å². The van der Waals surface area contributed by atoms with Crippen LogP contribution in [-0.2, 0) is 24.8 Å². The molecule has 8 heteroatoms. The van der Waals surface area contributed by atoms with Gasteiger partial charge in [0.05, 0.1) is 18.4 Å². The zero-order valence-corrected chi connectivity index (χ0v) is 18.8. The summed E-state index contributed by atoms with van der Waals surface area (Å²) < 4.78 is 18.1. The second-order valence-corrected chi connectivity index (χ2v) is 9.10. The summed E-state index contributed by atoms with van der Waals surface area (Å²) in [4.78, 5) is 13.1. The Kier molecular flexibility index (Phi) is 4.86. The van der Waals surface area contributed by atoms with Crippen molar-refractivity contribution in [2.24, 2.45) is 0 Å².